The lowest BCUT2D eigenvalue weighted by Crippen LogP contribution is -2.37. The molecular weight excluding hydrogens is 380 g/mol. The van der Waals surface area contributed by atoms with E-state index >= 15 is 0 Å². The molecule has 0 saturated carbocycles. The van der Waals surface area contributed by atoms with E-state index in [2.05, 4.69) is 21.5 Å². The maximum atomic E-state index is 13.0. The molecule has 3 nitrogen and oxygen atoms in total. The Hall–Kier alpha value is -1.000. The van der Waals surface area contributed by atoms with Gasteiger partial charge in [0.05, 0.1) is 18.1 Å². The van der Waals surface area contributed by atoms with Crippen LogP contribution in [-0.2, 0) is 6.54 Å². The van der Waals surface area contributed by atoms with Crippen LogP contribution in [-0.4, -0.2) is 19.0 Å². The molecule has 0 aliphatic rings. The van der Waals surface area contributed by atoms with Gasteiger partial charge in [-0.2, -0.15) is 0 Å². The molecule has 0 spiro atoms. The quantitative estimate of drug-likeness (QED) is 0.356. The van der Waals surface area contributed by atoms with E-state index in [9.17, 15) is 4.39 Å². The highest BCUT2D eigenvalue weighted by Crippen LogP contribution is 2.16. The highest BCUT2D eigenvalue weighted by atomic mass is 127. The number of halogens is 3. The molecule has 0 heterocycles. The van der Waals surface area contributed by atoms with Crippen molar-refractivity contribution in [1.29, 1.82) is 0 Å². The van der Waals surface area contributed by atoms with Crippen molar-refractivity contribution in [2.75, 3.05) is 13.1 Å². The first-order chi connectivity index (χ1) is 8.67. The molecule has 6 heteroatoms. The molecule has 1 aromatic rings. The Morgan fingerprint density at radius 1 is 1.47 bits per heavy atom. The Balaban J connectivity index is 0.00000324. The van der Waals surface area contributed by atoms with Gasteiger partial charge in [-0.05, 0) is 24.6 Å². The van der Waals surface area contributed by atoms with Gasteiger partial charge in [-0.1, -0.05) is 23.6 Å². The smallest absolute Gasteiger partial charge is 0.192 e. The van der Waals surface area contributed by atoms with Crippen LogP contribution >= 0.6 is 35.6 Å². The van der Waals surface area contributed by atoms with Crippen LogP contribution in [0.1, 0.15) is 12.5 Å². The third-order valence-electron chi connectivity index (χ3n) is 2.11. The third-order valence-corrected chi connectivity index (χ3v) is 2.40. The number of nitrogens with one attached hydrogen (secondary N) is 2. The topological polar surface area (TPSA) is 36.4 Å². The predicted molar refractivity (Wildman–Crippen MR) is 88.5 cm³/mol. The first-order valence-electron chi connectivity index (χ1n) is 5.57. The summed E-state index contributed by atoms with van der Waals surface area (Å²) >= 11 is 5.69. The van der Waals surface area contributed by atoms with Crippen LogP contribution in [0.2, 0.25) is 5.02 Å². The molecule has 0 amide bonds. The Labute approximate surface area is 135 Å². The fraction of sp³-hybridized carbons (Fsp3) is 0.308. The summed E-state index contributed by atoms with van der Waals surface area (Å²) in [7, 11) is 0. The van der Waals surface area contributed by atoms with Crippen LogP contribution in [0.25, 0.3) is 0 Å². The van der Waals surface area contributed by atoms with Gasteiger partial charge in [-0.25, -0.2) is 9.38 Å². The molecule has 0 saturated heterocycles. The molecule has 1 aromatic carbocycles. The second kappa shape index (κ2) is 9.87. The molecular formula is C13H16ClFIN3. The van der Waals surface area contributed by atoms with Crippen LogP contribution in [0.5, 0.6) is 0 Å². The monoisotopic (exact) mass is 395 g/mol. The minimum atomic E-state index is -0.429. The molecule has 0 fully saturated rings. The lowest BCUT2D eigenvalue weighted by atomic mass is 10.2. The van der Waals surface area contributed by atoms with Crippen molar-refractivity contribution in [3.05, 3.63) is 34.6 Å². The number of guanidine groups is 1. The van der Waals surface area contributed by atoms with Crippen LogP contribution in [0.3, 0.4) is 0 Å². The second-order valence-electron chi connectivity index (χ2n) is 3.50. The SMILES string of the molecule is C#CCNC(=NCc1ccc(F)c(Cl)c1)NCC.I. The van der Waals surface area contributed by atoms with E-state index in [1.807, 2.05) is 6.92 Å². The van der Waals surface area contributed by atoms with Gasteiger partial charge in [0.15, 0.2) is 5.96 Å². The van der Waals surface area contributed by atoms with Crippen molar-refractivity contribution in [3.8, 4) is 12.3 Å². The average molecular weight is 396 g/mol. The van der Waals surface area contributed by atoms with Gasteiger partial charge in [0.25, 0.3) is 0 Å². The molecule has 0 unspecified atom stereocenters. The van der Waals surface area contributed by atoms with Crippen molar-refractivity contribution in [2.45, 2.75) is 13.5 Å². The molecule has 0 aliphatic heterocycles. The Morgan fingerprint density at radius 3 is 2.79 bits per heavy atom. The van der Waals surface area contributed by atoms with Gasteiger partial charge >= 0.3 is 0 Å². The van der Waals surface area contributed by atoms with E-state index < -0.39 is 5.82 Å². The van der Waals surface area contributed by atoms with Crippen LogP contribution < -0.4 is 10.6 Å². The summed E-state index contributed by atoms with van der Waals surface area (Å²) < 4.78 is 13.0. The van der Waals surface area contributed by atoms with Gasteiger partial charge < -0.3 is 10.6 Å². The Bertz CT molecular complexity index is 471. The summed E-state index contributed by atoms with van der Waals surface area (Å²) in [5, 5.41) is 6.11. The van der Waals surface area contributed by atoms with E-state index in [4.69, 9.17) is 18.0 Å². The van der Waals surface area contributed by atoms with Crippen molar-refractivity contribution in [1.82, 2.24) is 10.6 Å². The first-order valence-corrected chi connectivity index (χ1v) is 5.94. The van der Waals surface area contributed by atoms with Crippen molar-refractivity contribution in [2.24, 2.45) is 4.99 Å². The molecule has 0 aliphatic carbocycles. The zero-order valence-corrected chi connectivity index (χ0v) is 13.6. The zero-order valence-electron chi connectivity index (χ0n) is 10.5. The number of benzene rings is 1. The molecule has 0 atom stereocenters. The van der Waals surface area contributed by atoms with Gasteiger partial charge in [-0.3, -0.25) is 0 Å². The lowest BCUT2D eigenvalue weighted by Gasteiger charge is -2.08. The van der Waals surface area contributed by atoms with Crippen molar-refractivity contribution < 1.29 is 4.39 Å². The van der Waals surface area contributed by atoms with Gasteiger partial charge in [0.1, 0.15) is 5.82 Å². The number of rotatable bonds is 4. The van der Waals surface area contributed by atoms with E-state index in [1.165, 1.54) is 6.07 Å². The average Bonchev–Trinajstić information content (AvgIpc) is 2.37. The highest BCUT2D eigenvalue weighted by Gasteiger charge is 2.01. The summed E-state index contributed by atoms with van der Waals surface area (Å²) in [6.07, 6.45) is 5.16. The maximum absolute atomic E-state index is 13.0. The molecule has 0 radical (unpaired) electrons. The number of nitrogens with zero attached hydrogens (tertiary/aromatic N) is 1. The second-order valence-corrected chi connectivity index (χ2v) is 3.91. The summed E-state index contributed by atoms with van der Waals surface area (Å²) in [5.41, 5.74) is 0.833. The first kappa shape index (κ1) is 18.0. The summed E-state index contributed by atoms with van der Waals surface area (Å²) in [5.74, 6) is 2.66. The molecule has 0 aromatic heterocycles. The van der Waals surface area contributed by atoms with Gasteiger partial charge in [0.2, 0.25) is 0 Å². The van der Waals surface area contributed by atoms with Gasteiger partial charge in [0, 0.05) is 6.54 Å². The van der Waals surface area contributed by atoms with Crippen LogP contribution in [0.4, 0.5) is 4.39 Å². The van der Waals surface area contributed by atoms with E-state index in [0.717, 1.165) is 12.1 Å². The van der Waals surface area contributed by atoms with Crippen LogP contribution in [0, 0.1) is 18.2 Å². The molecule has 1 rings (SSSR count). The fourth-order valence-corrected chi connectivity index (χ4v) is 1.49. The van der Waals surface area contributed by atoms with Crippen molar-refractivity contribution in [3.63, 3.8) is 0 Å². The number of hydrogen-bond donors (Lipinski definition) is 2. The summed E-state index contributed by atoms with van der Waals surface area (Å²) in [4.78, 5) is 4.31. The van der Waals surface area contributed by atoms with E-state index in [0.29, 0.717) is 19.0 Å². The maximum Gasteiger partial charge on any atom is 0.192 e. The van der Waals surface area contributed by atoms with Crippen LogP contribution in [0.15, 0.2) is 23.2 Å². The summed E-state index contributed by atoms with van der Waals surface area (Å²) in [6.45, 7) is 3.50. The fourth-order valence-electron chi connectivity index (χ4n) is 1.28. The molecule has 2 N–H and O–H groups in total. The standard InChI is InChI=1S/C13H15ClFN3.HI/c1-3-7-17-13(16-4-2)18-9-10-5-6-12(15)11(14)8-10;/h1,5-6,8H,4,7,9H2,2H3,(H2,16,17,18);1H. The zero-order chi connectivity index (χ0) is 13.4. The minimum Gasteiger partial charge on any atom is -0.357 e. The Morgan fingerprint density at radius 2 is 2.21 bits per heavy atom. The van der Waals surface area contributed by atoms with Gasteiger partial charge in [-0.15, -0.1) is 30.4 Å². The van der Waals surface area contributed by atoms with Crippen molar-refractivity contribution >= 4 is 41.5 Å². The Kier molecular flexibility index (Phi) is 9.35. The molecule has 19 heavy (non-hydrogen) atoms. The normalized spacial score (nSPS) is 10.3. The predicted octanol–water partition coefficient (Wildman–Crippen LogP) is 2.79. The number of aliphatic imine (C=N–C) groups is 1. The number of hydrogen-bond acceptors (Lipinski definition) is 1. The van der Waals surface area contributed by atoms with E-state index in [1.54, 1.807) is 12.1 Å². The van der Waals surface area contributed by atoms with E-state index in [-0.39, 0.29) is 29.0 Å². The largest absolute Gasteiger partial charge is 0.357 e. The third kappa shape index (κ3) is 6.64. The number of terminal acetylenes is 1. The summed E-state index contributed by atoms with van der Waals surface area (Å²) in [6, 6.07) is 4.54. The highest BCUT2D eigenvalue weighted by molar-refractivity contribution is 14.0. The molecule has 104 valence electrons. The molecule has 0 bridgehead atoms. The lowest BCUT2D eigenvalue weighted by molar-refractivity contribution is 0.627. The minimum absolute atomic E-state index is 0.